The summed E-state index contributed by atoms with van der Waals surface area (Å²) in [6.07, 6.45) is 1.72. The van der Waals surface area contributed by atoms with Gasteiger partial charge in [-0.15, -0.1) is 0 Å². The summed E-state index contributed by atoms with van der Waals surface area (Å²) in [5.41, 5.74) is 8.08. The van der Waals surface area contributed by atoms with E-state index in [0.717, 1.165) is 17.0 Å². The van der Waals surface area contributed by atoms with E-state index in [1.54, 1.807) is 6.20 Å². The quantitative estimate of drug-likeness (QED) is 0.874. The molecule has 2 aromatic rings. The lowest BCUT2D eigenvalue weighted by Gasteiger charge is -2.13. The third kappa shape index (κ3) is 3.29. The molecule has 2 N–H and O–H groups in total. The van der Waals surface area contributed by atoms with Gasteiger partial charge in [0.05, 0.1) is 12.2 Å². The molecule has 3 nitrogen and oxygen atoms in total. The van der Waals surface area contributed by atoms with Crippen molar-refractivity contribution in [1.82, 2.24) is 4.98 Å². The number of pyridine rings is 1. The van der Waals surface area contributed by atoms with Crippen molar-refractivity contribution in [3.8, 4) is 5.75 Å². The molecule has 2 rings (SSSR count). The first-order valence-corrected chi connectivity index (χ1v) is 5.61. The van der Waals surface area contributed by atoms with Gasteiger partial charge in [-0.2, -0.15) is 0 Å². The van der Waals surface area contributed by atoms with Crippen LogP contribution in [0.5, 0.6) is 5.75 Å². The molecule has 0 unspecified atom stereocenters. The van der Waals surface area contributed by atoms with Gasteiger partial charge in [-0.25, -0.2) is 0 Å². The highest BCUT2D eigenvalue weighted by atomic mass is 16.5. The van der Waals surface area contributed by atoms with Crippen LogP contribution in [0.4, 0.5) is 0 Å². The molecule has 0 saturated carbocycles. The molecule has 0 radical (unpaired) electrons. The summed E-state index contributed by atoms with van der Waals surface area (Å²) < 4.78 is 5.59. The average molecular weight is 228 g/mol. The van der Waals surface area contributed by atoms with Crippen LogP contribution in [0.3, 0.4) is 0 Å². The van der Waals surface area contributed by atoms with E-state index in [9.17, 15) is 0 Å². The molecule has 1 atom stereocenters. The fourth-order valence-electron chi connectivity index (χ4n) is 1.52. The van der Waals surface area contributed by atoms with Crippen molar-refractivity contribution in [3.63, 3.8) is 0 Å². The summed E-state index contributed by atoms with van der Waals surface area (Å²) in [4.78, 5) is 4.16. The van der Waals surface area contributed by atoms with E-state index in [4.69, 9.17) is 10.5 Å². The van der Waals surface area contributed by atoms with E-state index in [0.29, 0.717) is 6.61 Å². The number of rotatable bonds is 4. The molecule has 17 heavy (non-hydrogen) atoms. The maximum atomic E-state index is 6.03. The lowest BCUT2D eigenvalue weighted by molar-refractivity contribution is 0.289. The van der Waals surface area contributed by atoms with Gasteiger partial charge in [-0.3, -0.25) is 4.98 Å². The Balaban J connectivity index is 1.92. The minimum Gasteiger partial charge on any atom is -0.490 e. The van der Waals surface area contributed by atoms with Gasteiger partial charge >= 0.3 is 0 Å². The van der Waals surface area contributed by atoms with E-state index < -0.39 is 0 Å². The Kier molecular flexibility index (Phi) is 3.73. The number of nitrogens with two attached hydrogens (primary N) is 1. The number of aromatic nitrogens is 1. The largest absolute Gasteiger partial charge is 0.490 e. The Labute approximate surface area is 101 Å². The van der Waals surface area contributed by atoms with Crippen molar-refractivity contribution < 1.29 is 4.74 Å². The third-order valence-corrected chi connectivity index (χ3v) is 2.54. The van der Waals surface area contributed by atoms with Crippen LogP contribution in [0.1, 0.15) is 17.3 Å². The second-order valence-corrected chi connectivity index (χ2v) is 3.96. The Morgan fingerprint density at radius 2 is 1.94 bits per heavy atom. The number of hydrogen-bond donors (Lipinski definition) is 1. The van der Waals surface area contributed by atoms with Crippen LogP contribution in [0.2, 0.25) is 0 Å². The molecule has 3 heteroatoms. The summed E-state index contributed by atoms with van der Waals surface area (Å²) in [6, 6.07) is 13.6. The van der Waals surface area contributed by atoms with Gasteiger partial charge < -0.3 is 10.5 Å². The second kappa shape index (κ2) is 5.46. The van der Waals surface area contributed by atoms with E-state index in [2.05, 4.69) is 4.98 Å². The molecule has 0 bridgehead atoms. The number of benzene rings is 1. The van der Waals surface area contributed by atoms with Crippen molar-refractivity contribution in [2.24, 2.45) is 5.73 Å². The fourth-order valence-corrected chi connectivity index (χ4v) is 1.52. The molecule has 0 saturated heterocycles. The van der Waals surface area contributed by atoms with Crippen molar-refractivity contribution in [3.05, 3.63) is 59.9 Å². The van der Waals surface area contributed by atoms with Gasteiger partial charge in [0.15, 0.2) is 0 Å². The zero-order chi connectivity index (χ0) is 12.1. The number of ether oxygens (including phenoxy) is 1. The molecule has 88 valence electrons. The molecular formula is C14H16N2O. The van der Waals surface area contributed by atoms with E-state index in [-0.39, 0.29) is 6.04 Å². The molecule has 0 aliphatic rings. The molecule has 1 aromatic carbocycles. The third-order valence-electron chi connectivity index (χ3n) is 2.54. The Morgan fingerprint density at radius 1 is 1.18 bits per heavy atom. The summed E-state index contributed by atoms with van der Waals surface area (Å²) >= 11 is 0. The molecule has 0 fully saturated rings. The molecule has 1 heterocycles. The molecule has 0 amide bonds. The molecule has 0 spiro atoms. The molecular weight excluding hydrogens is 212 g/mol. The zero-order valence-corrected chi connectivity index (χ0v) is 9.84. The first-order chi connectivity index (χ1) is 8.25. The minimum atomic E-state index is -0.113. The summed E-state index contributed by atoms with van der Waals surface area (Å²) in [5, 5.41) is 0. The summed E-state index contributed by atoms with van der Waals surface area (Å²) in [5.74, 6) is 0.752. The minimum absolute atomic E-state index is 0.113. The van der Waals surface area contributed by atoms with Crippen LogP contribution >= 0.6 is 0 Å². The Hall–Kier alpha value is -1.87. The fraction of sp³-hybridized carbons (Fsp3) is 0.214. The number of aryl methyl sites for hydroxylation is 1. The van der Waals surface area contributed by atoms with Crippen LogP contribution in [-0.4, -0.2) is 11.6 Å². The monoisotopic (exact) mass is 228 g/mol. The van der Waals surface area contributed by atoms with Crippen LogP contribution < -0.4 is 10.5 Å². The first kappa shape index (κ1) is 11.6. The van der Waals surface area contributed by atoms with Crippen LogP contribution in [0, 0.1) is 6.92 Å². The van der Waals surface area contributed by atoms with Gasteiger partial charge in [-0.1, -0.05) is 30.3 Å². The van der Waals surface area contributed by atoms with Crippen LogP contribution in [0.25, 0.3) is 0 Å². The SMILES string of the molecule is Cc1ccc(OC[C@H](N)c2ccccc2)cn1. The normalized spacial score (nSPS) is 12.1. The van der Waals surface area contributed by atoms with E-state index >= 15 is 0 Å². The maximum Gasteiger partial charge on any atom is 0.137 e. The average Bonchev–Trinajstić information content (AvgIpc) is 2.39. The molecule has 0 aliphatic heterocycles. The predicted octanol–water partition coefficient (Wildman–Crippen LogP) is 2.47. The smallest absolute Gasteiger partial charge is 0.137 e. The van der Waals surface area contributed by atoms with Crippen molar-refractivity contribution >= 4 is 0 Å². The van der Waals surface area contributed by atoms with E-state index in [1.165, 1.54) is 0 Å². The maximum absolute atomic E-state index is 6.03. The Bertz CT molecular complexity index is 453. The number of nitrogens with zero attached hydrogens (tertiary/aromatic N) is 1. The lowest BCUT2D eigenvalue weighted by atomic mass is 10.1. The van der Waals surface area contributed by atoms with Gasteiger partial charge in [0.25, 0.3) is 0 Å². The second-order valence-electron chi connectivity index (χ2n) is 3.96. The van der Waals surface area contributed by atoms with Gasteiger partial charge in [0.1, 0.15) is 12.4 Å². The van der Waals surface area contributed by atoms with Crippen molar-refractivity contribution in [2.45, 2.75) is 13.0 Å². The predicted molar refractivity (Wildman–Crippen MR) is 67.8 cm³/mol. The van der Waals surface area contributed by atoms with E-state index in [1.807, 2.05) is 49.4 Å². The zero-order valence-electron chi connectivity index (χ0n) is 9.84. The Morgan fingerprint density at radius 3 is 2.59 bits per heavy atom. The van der Waals surface area contributed by atoms with Gasteiger partial charge in [0.2, 0.25) is 0 Å². The van der Waals surface area contributed by atoms with Gasteiger partial charge in [0, 0.05) is 5.69 Å². The van der Waals surface area contributed by atoms with Gasteiger partial charge in [-0.05, 0) is 24.6 Å². The molecule has 0 aliphatic carbocycles. The standard InChI is InChI=1S/C14H16N2O/c1-11-7-8-13(9-16-11)17-10-14(15)12-5-3-2-4-6-12/h2-9,14H,10,15H2,1H3/t14-/m0/s1. The molecule has 1 aromatic heterocycles. The van der Waals surface area contributed by atoms with Crippen molar-refractivity contribution in [1.29, 1.82) is 0 Å². The first-order valence-electron chi connectivity index (χ1n) is 5.61. The number of hydrogen-bond acceptors (Lipinski definition) is 3. The lowest BCUT2D eigenvalue weighted by Crippen LogP contribution is -2.18. The highest BCUT2D eigenvalue weighted by molar-refractivity contribution is 5.21. The summed E-state index contributed by atoms with van der Waals surface area (Å²) in [6.45, 7) is 2.40. The topological polar surface area (TPSA) is 48.1 Å². The summed E-state index contributed by atoms with van der Waals surface area (Å²) in [7, 11) is 0. The van der Waals surface area contributed by atoms with Crippen LogP contribution in [-0.2, 0) is 0 Å². The highest BCUT2D eigenvalue weighted by Crippen LogP contribution is 2.13. The van der Waals surface area contributed by atoms with Crippen LogP contribution in [0.15, 0.2) is 48.7 Å². The highest BCUT2D eigenvalue weighted by Gasteiger charge is 2.05. The van der Waals surface area contributed by atoms with Crippen molar-refractivity contribution in [2.75, 3.05) is 6.61 Å².